The molecule has 1 atom stereocenters. The molecule has 1 N–H and O–H groups in total. The number of amides is 1. The van der Waals surface area contributed by atoms with Crippen molar-refractivity contribution in [1.82, 2.24) is 9.78 Å². The predicted octanol–water partition coefficient (Wildman–Crippen LogP) is 2.35. The third kappa shape index (κ3) is 4.33. The lowest BCUT2D eigenvalue weighted by Gasteiger charge is -2.13. The number of sulfone groups is 1. The van der Waals surface area contributed by atoms with E-state index in [2.05, 4.69) is 10.4 Å². The highest BCUT2D eigenvalue weighted by atomic mass is 35.5. The maximum absolute atomic E-state index is 12.1. The molecule has 1 heterocycles. The number of nitrogens with one attached hydrogen (secondary N) is 1. The molecular weight excluding hydrogens is 338 g/mol. The fourth-order valence-electron chi connectivity index (χ4n) is 2.01. The van der Waals surface area contributed by atoms with Gasteiger partial charge in [-0.2, -0.15) is 5.10 Å². The number of benzene rings is 1. The van der Waals surface area contributed by atoms with Gasteiger partial charge in [0.1, 0.15) is 11.1 Å². The average Bonchev–Trinajstić information content (AvgIpc) is 2.93. The molecule has 0 radical (unpaired) electrons. The van der Waals surface area contributed by atoms with Crippen LogP contribution >= 0.6 is 11.6 Å². The largest absolute Gasteiger partial charge is 0.310 e. The number of hydrogen-bond acceptors (Lipinski definition) is 4. The van der Waals surface area contributed by atoms with Crippen molar-refractivity contribution in [2.45, 2.75) is 25.6 Å². The average molecular weight is 356 g/mol. The fourth-order valence-corrected chi connectivity index (χ4v) is 3.11. The molecule has 0 aliphatic rings. The van der Waals surface area contributed by atoms with Crippen molar-refractivity contribution in [3.05, 3.63) is 47.1 Å². The minimum Gasteiger partial charge on any atom is -0.310 e. The molecule has 0 spiro atoms. The van der Waals surface area contributed by atoms with Gasteiger partial charge in [-0.25, -0.2) is 13.1 Å². The van der Waals surface area contributed by atoms with E-state index < -0.39 is 21.0 Å². The van der Waals surface area contributed by atoms with Crippen molar-refractivity contribution in [3.63, 3.8) is 0 Å². The molecule has 0 fully saturated rings. The Hall–Kier alpha value is -1.86. The zero-order valence-electron chi connectivity index (χ0n) is 12.9. The third-order valence-corrected chi connectivity index (χ3v) is 5.83. The van der Waals surface area contributed by atoms with Crippen LogP contribution in [0.25, 0.3) is 0 Å². The van der Waals surface area contributed by atoms with E-state index in [4.69, 9.17) is 11.6 Å². The normalized spacial score (nSPS) is 12.8. The zero-order chi connectivity index (χ0) is 17.0. The predicted molar refractivity (Wildman–Crippen MR) is 90.3 cm³/mol. The second-order valence-corrected chi connectivity index (χ2v) is 8.13. The molecular formula is C15H18ClN3O3S. The van der Waals surface area contributed by atoms with Gasteiger partial charge in [-0.15, -0.1) is 0 Å². The summed E-state index contributed by atoms with van der Waals surface area (Å²) in [6.07, 6.45) is 1.54. The number of carbonyl (C=O) groups excluding carboxylic acids is 1. The second kappa shape index (κ2) is 7.14. The molecule has 0 saturated heterocycles. The Morgan fingerprint density at radius 2 is 2.13 bits per heavy atom. The van der Waals surface area contributed by atoms with Crippen LogP contribution in [0.5, 0.6) is 0 Å². The van der Waals surface area contributed by atoms with Crippen LogP contribution in [0.15, 0.2) is 36.5 Å². The van der Waals surface area contributed by atoms with E-state index in [1.807, 2.05) is 12.1 Å². The van der Waals surface area contributed by atoms with Gasteiger partial charge in [-0.05, 0) is 24.6 Å². The van der Waals surface area contributed by atoms with Gasteiger partial charge in [0.25, 0.3) is 0 Å². The number of carbonyl (C=O) groups is 1. The van der Waals surface area contributed by atoms with E-state index in [0.717, 1.165) is 5.56 Å². The molecule has 8 heteroatoms. The lowest BCUT2D eigenvalue weighted by atomic mass is 10.2. The van der Waals surface area contributed by atoms with Gasteiger partial charge in [0.05, 0.1) is 12.7 Å². The lowest BCUT2D eigenvalue weighted by Crippen LogP contribution is -2.34. The van der Waals surface area contributed by atoms with E-state index in [1.54, 1.807) is 29.1 Å². The maximum atomic E-state index is 12.1. The summed E-state index contributed by atoms with van der Waals surface area (Å²) in [6.45, 7) is 3.31. The van der Waals surface area contributed by atoms with Crippen molar-refractivity contribution < 1.29 is 13.2 Å². The van der Waals surface area contributed by atoms with Crippen molar-refractivity contribution in [2.24, 2.45) is 0 Å². The Morgan fingerprint density at radius 1 is 1.39 bits per heavy atom. The van der Waals surface area contributed by atoms with Gasteiger partial charge >= 0.3 is 0 Å². The Morgan fingerprint density at radius 3 is 2.78 bits per heavy atom. The van der Waals surface area contributed by atoms with E-state index in [9.17, 15) is 13.2 Å². The van der Waals surface area contributed by atoms with Gasteiger partial charge < -0.3 is 5.32 Å². The van der Waals surface area contributed by atoms with Crippen LogP contribution < -0.4 is 5.32 Å². The summed E-state index contributed by atoms with van der Waals surface area (Å²) in [7, 11) is -3.44. The van der Waals surface area contributed by atoms with Gasteiger partial charge in [0.2, 0.25) is 5.91 Å². The quantitative estimate of drug-likeness (QED) is 0.862. The van der Waals surface area contributed by atoms with Gasteiger partial charge in [-0.1, -0.05) is 30.7 Å². The van der Waals surface area contributed by atoms with E-state index in [1.165, 1.54) is 13.8 Å². The van der Waals surface area contributed by atoms with Crippen molar-refractivity contribution >= 4 is 33.2 Å². The summed E-state index contributed by atoms with van der Waals surface area (Å²) in [6, 6.07) is 8.92. The summed E-state index contributed by atoms with van der Waals surface area (Å²) in [4.78, 5) is 12.1. The Balaban J connectivity index is 2.14. The highest BCUT2D eigenvalue weighted by Gasteiger charge is 2.26. The highest BCUT2D eigenvalue weighted by molar-refractivity contribution is 7.92. The smallest absolute Gasteiger partial charge is 0.243 e. The number of rotatable bonds is 6. The minimum atomic E-state index is -3.44. The van der Waals surface area contributed by atoms with Crippen molar-refractivity contribution in [2.75, 3.05) is 11.1 Å². The number of anilines is 1. The molecule has 2 aromatic rings. The Labute approximate surface area is 140 Å². The van der Waals surface area contributed by atoms with E-state index in [0.29, 0.717) is 17.4 Å². The molecule has 1 aromatic carbocycles. The third-order valence-electron chi connectivity index (χ3n) is 3.50. The summed E-state index contributed by atoms with van der Waals surface area (Å²) in [5, 5.41) is 6.26. The Kier molecular flexibility index (Phi) is 5.43. The molecule has 1 amide bonds. The zero-order valence-corrected chi connectivity index (χ0v) is 14.4. The molecule has 0 bridgehead atoms. The molecule has 1 unspecified atom stereocenters. The van der Waals surface area contributed by atoms with Crippen LogP contribution in [0, 0.1) is 0 Å². The number of hydrogen-bond donors (Lipinski definition) is 1. The number of halogens is 1. The van der Waals surface area contributed by atoms with Crippen LogP contribution in [0.1, 0.15) is 19.4 Å². The molecule has 0 aliphatic carbocycles. The summed E-state index contributed by atoms with van der Waals surface area (Å²) < 4.78 is 25.1. The lowest BCUT2D eigenvalue weighted by molar-refractivity contribution is -0.115. The highest BCUT2D eigenvalue weighted by Crippen LogP contribution is 2.15. The summed E-state index contributed by atoms with van der Waals surface area (Å²) >= 11 is 5.95. The van der Waals surface area contributed by atoms with Crippen LogP contribution in [0.2, 0.25) is 5.02 Å². The monoisotopic (exact) mass is 355 g/mol. The molecule has 0 saturated carbocycles. The summed E-state index contributed by atoms with van der Waals surface area (Å²) in [5.74, 6) is -0.212. The van der Waals surface area contributed by atoms with Crippen molar-refractivity contribution in [3.8, 4) is 0 Å². The minimum absolute atomic E-state index is 0.0800. The van der Waals surface area contributed by atoms with E-state index >= 15 is 0 Å². The topological polar surface area (TPSA) is 81.1 Å². The standard InChI is InChI=1S/C15H18ClN3O3S/c1-3-23(21,22)11(2)15(20)18-14-7-8-17-19(14)10-12-5-4-6-13(16)9-12/h4-9,11H,3,10H2,1-2H3,(H,18,20). The molecule has 1 aromatic heterocycles. The van der Waals surface area contributed by atoms with Gasteiger partial charge in [0.15, 0.2) is 9.84 Å². The molecule has 2 rings (SSSR count). The first-order valence-corrected chi connectivity index (χ1v) is 9.21. The number of nitrogens with zero attached hydrogens (tertiary/aromatic N) is 2. The van der Waals surface area contributed by atoms with Gasteiger partial charge in [0, 0.05) is 16.8 Å². The molecule has 23 heavy (non-hydrogen) atoms. The van der Waals surface area contributed by atoms with Gasteiger partial charge in [-0.3, -0.25) is 4.79 Å². The SMILES string of the molecule is CCS(=O)(=O)C(C)C(=O)Nc1ccnn1Cc1cccc(Cl)c1. The first kappa shape index (κ1) is 17.5. The van der Waals surface area contributed by atoms with E-state index in [-0.39, 0.29) is 5.75 Å². The fraction of sp³-hybridized carbons (Fsp3) is 0.333. The van der Waals surface area contributed by atoms with Crippen LogP contribution in [-0.4, -0.2) is 35.1 Å². The van der Waals surface area contributed by atoms with Crippen molar-refractivity contribution in [1.29, 1.82) is 0 Å². The first-order valence-electron chi connectivity index (χ1n) is 7.12. The second-order valence-electron chi connectivity index (χ2n) is 5.09. The summed E-state index contributed by atoms with van der Waals surface area (Å²) in [5.41, 5.74) is 0.922. The first-order chi connectivity index (χ1) is 10.8. The molecule has 124 valence electrons. The maximum Gasteiger partial charge on any atom is 0.243 e. The van der Waals surface area contributed by atoms with Crippen LogP contribution in [0.4, 0.5) is 5.82 Å². The van der Waals surface area contributed by atoms with Crippen LogP contribution in [0.3, 0.4) is 0 Å². The molecule has 6 nitrogen and oxygen atoms in total. The molecule has 0 aliphatic heterocycles. The Bertz CT molecular complexity index is 802. The van der Waals surface area contributed by atoms with Crippen LogP contribution in [-0.2, 0) is 21.2 Å². The number of aromatic nitrogens is 2.